The zero-order valence-electron chi connectivity index (χ0n) is 9.74. The molecule has 0 saturated carbocycles. The molecule has 0 aliphatic carbocycles. The number of aryl methyl sites for hydroxylation is 1. The minimum Gasteiger partial charge on any atom is -0.488 e. The van der Waals surface area contributed by atoms with E-state index in [0.717, 1.165) is 5.56 Å². The molecular formula is C15H14FO. The van der Waals surface area contributed by atoms with Crippen LogP contribution in [0.1, 0.15) is 18.1 Å². The summed E-state index contributed by atoms with van der Waals surface area (Å²) in [6.45, 7) is 2.38. The van der Waals surface area contributed by atoms with Crippen LogP contribution in [0.25, 0.3) is 0 Å². The molecule has 2 aromatic rings. The van der Waals surface area contributed by atoms with Crippen LogP contribution in [-0.4, -0.2) is 0 Å². The number of hydrogen-bond donors (Lipinski definition) is 0. The van der Waals surface area contributed by atoms with Crippen LogP contribution in [0.15, 0.2) is 42.5 Å². The molecule has 1 nitrogen and oxygen atoms in total. The van der Waals surface area contributed by atoms with Gasteiger partial charge in [-0.25, -0.2) is 4.39 Å². The molecule has 2 heteroatoms. The van der Waals surface area contributed by atoms with Gasteiger partial charge in [-0.2, -0.15) is 0 Å². The molecule has 1 radical (unpaired) electrons. The molecule has 2 rings (SSSR count). The Bertz CT molecular complexity index is 480. The van der Waals surface area contributed by atoms with Gasteiger partial charge >= 0.3 is 0 Å². The second-order valence-corrected chi connectivity index (χ2v) is 3.78. The maximum atomic E-state index is 13.2. The standard InChI is InChI=1S/C15H14FO/c1-2-13-10-14(8-9-15(13)16)17-11-12-6-4-3-5-7-12/h3-9H,2,11H2,1H3. The molecule has 0 amide bonds. The lowest BCUT2D eigenvalue weighted by molar-refractivity contribution is 0.304. The third-order valence-corrected chi connectivity index (χ3v) is 2.53. The van der Waals surface area contributed by atoms with Gasteiger partial charge < -0.3 is 4.74 Å². The van der Waals surface area contributed by atoms with Crippen molar-refractivity contribution in [1.82, 2.24) is 0 Å². The Kier molecular flexibility index (Phi) is 3.76. The molecule has 87 valence electrons. The van der Waals surface area contributed by atoms with Crippen molar-refractivity contribution in [2.75, 3.05) is 0 Å². The van der Waals surface area contributed by atoms with Gasteiger partial charge in [0, 0.05) is 6.07 Å². The Labute approximate surface area is 101 Å². The zero-order valence-corrected chi connectivity index (χ0v) is 9.74. The predicted molar refractivity (Wildman–Crippen MR) is 65.4 cm³/mol. The smallest absolute Gasteiger partial charge is 0.128 e. The van der Waals surface area contributed by atoms with Gasteiger partial charge in [0.15, 0.2) is 0 Å². The molecule has 0 heterocycles. The molecule has 0 aromatic heterocycles. The van der Waals surface area contributed by atoms with Gasteiger partial charge in [-0.3, -0.25) is 0 Å². The average Bonchev–Trinajstić information content (AvgIpc) is 2.39. The first-order chi connectivity index (χ1) is 8.29. The summed E-state index contributed by atoms with van der Waals surface area (Å²) in [5, 5.41) is 0. The van der Waals surface area contributed by atoms with E-state index in [1.165, 1.54) is 6.07 Å². The first-order valence-electron chi connectivity index (χ1n) is 5.67. The quantitative estimate of drug-likeness (QED) is 0.775. The van der Waals surface area contributed by atoms with E-state index in [9.17, 15) is 4.39 Å². The normalized spacial score (nSPS) is 10.2. The molecule has 0 bridgehead atoms. The van der Waals surface area contributed by atoms with Crippen LogP contribution in [0.3, 0.4) is 0 Å². The molecule has 0 aliphatic rings. The lowest BCUT2D eigenvalue weighted by Crippen LogP contribution is -1.97. The van der Waals surface area contributed by atoms with Crippen LogP contribution in [-0.2, 0) is 13.0 Å². The Morgan fingerprint density at radius 3 is 2.59 bits per heavy atom. The fourth-order valence-corrected chi connectivity index (χ4v) is 1.58. The lowest BCUT2D eigenvalue weighted by Gasteiger charge is -2.07. The minimum atomic E-state index is -0.223. The molecular weight excluding hydrogens is 215 g/mol. The Morgan fingerprint density at radius 1 is 1.12 bits per heavy atom. The predicted octanol–water partition coefficient (Wildman–Crippen LogP) is 3.77. The third kappa shape index (κ3) is 3.06. The van der Waals surface area contributed by atoms with E-state index in [2.05, 4.69) is 6.07 Å². The van der Waals surface area contributed by atoms with Crippen molar-refractivity contribution in [1.29, 1.82) is 0 Å². The molecule has 0 atom stereocenters. The van der Waals surface area contributed by atoms with Crippen molar-refractivity contribution in [3.63, 3.8) is 0 Å². The molecule has 0 aliphatic heterocycles. The van der Waals surface area contributed by atoms with Crippen molar-refractivity contribution in [3.8, 4) is 5.75 Å². The highest BCUT2D eigenvalue weighted by molar-refractivity contribution is 5.28. The van der Waals surface area contributed by atoms with Gasteiger partial charge in [0.2, 0.25) is 0 Å². The number of ether oxygens (including phenoxy) is 1. The van der Waals surface area contributed by atoms with Gasteiger partial charge in [0.25, 0.3) is 0 Å². The Hall–Kier alpha value is -1.83. The summed E-state index contributed by atoms with van der Waals surface area (Å²) < 4.78 is 18.8. The molecule has 0 saturated heterocycles. The van der Waals surface area contributed by atoms with E-state index < -0.39 is 0 Å². The summed E-state index contributed by atoms with van der Waals surface area (Å²) in [5.74, 6) is 0.367. The van der Waals surface area contributed by atoms with E-state index in [1.807, 2.05) is 37.3 Å². The van der Waals surface area contributed by atoms with E-state index in [1.54, 1.807) is 6.07 Å². The topological polar surface area (TPSA) is 9.23 Å². The van der Waals surface area contributed by atoms with Crippen LogP contribution >= 0.6 is 0 Å². The third-order valence-electron chi connectivity index (χ3n) is 2.53. The minimum absolute atomic E-state index is 0.223. The zero-order chi connectivity index (χ0) is 12.1. The molecule has 0 N–H and O–H groups in total. The van der Waals surface area contributed by atoms with E-state index in [0.29, 0.717) is 24.3 Å². The molecule has 0 fully saturated rings. The van der Waals surface area contributed by atoms with Crippen molar-refractivity contribution < 1.29 is 9.13 Å². The molecule has 17 heavy (non-hydrogen) atoms. The maximum absolute atomic E-state index is 13.2. The van der Waals surface area contributed by atoms with Crippen LogP contribution in [0, 0.1) is 11.9 Å². The number of rotatable bonds is 4. The highest BCUT2D eigenvalue weighted by atomic mass is 19.1. The Balaban J connectivity index is 2.04. The van der Waals surface area contributed by atoms with Crippen molar-refractivity contribution in [2.24, 2.45) is 0 Å². The maximum Gasteiger partial charge on any atom is 0.128 e. The molecule has 0 spiro atoms. The van der Waals surface area contributed by atoms with Crippen molar-refractivity contribution in [3.05, 3.63) is 65.5 Å². The van der Waals surface area contributed by atoms with Crippen LogP contribution < -0.4 is 4.74 Å². The second kappa shape index (κ2) is 5.48. The summed E-state index contributed by atoms with van der Waals surface area (Å²) in [5.41, 5.74) is 1.65. The van der Waals surface area contributed by atoms with E-state index >= 15 is 0 Å². The number of benzene rings is 2. The van der Waals surface area contributed by atoms with Gasteiger partial charge in [-0.1, -0.05) is 37.3 Å². The highest BCUT2D eigenvalue weighted by Crippen LogP contribution is 2.17. The van der Waals surface area contributed by atoms with Crippen LogP contribution in [0.2, 0.25) is 0 Å². The first-order valence-corrected chi connectivity index (χ1v) is 5.67. The van der Waals surface area contributed by atoms with Gasteiger partial charge in [0.05, 0.1) is 0 Å². The fraction of sp³-hybridized carbons (Fsp3) is 0.200. The van der Waals surface area contributed by atoms with Gasteiger partial charge in [0.1, 0.15) is 18.2 Å². The monoisotopic (exact) mass is 229 g/mol. The summed E-state index contributed by atoms with van der Waals surface area (Å²) in [4.78, 5) is 0. The van der Waals surface area contributed by atoms with E-state index in [-0.39, 0.29) is 5.82 Å². The SMILES string of the molecule is CCc1[c]c(OCc2ccccc2)ccc1F. The summed E-state index contributed by atoms with van der Waals surface area (Å²) in [7, 11) is 0. The fourth-order valence-electron chi connectivity index (χ4n) is 1.58. The van der Waals surface area contributed by atoms with Crippen LogP contribution in [0.4, 0.5) is 4.39 Å². The number of halogens is 1. The van der Waals surface area contributed by atoms with Gasteiger partial charge in [-0.15, -0.1) is 0 Å². The largest absolute Gasteiger partial charge is 0.488 e. The summed E-state index contributed by atoms with van der Waals surface area (Å²) in [6, 6.07) is 15.8. The van der Waals surface area contributed by atoms with Crippen LogP contribution in [0.5, 0.6) is 5.75 Å². The summed E-state index contributed by atoms with van der Waals surface area (Å²) in [6.07, 6.45) is 0.619. The second-order valence-electron chi connectivity index (χ2n) is 3.78. The lowest BCUT2D eigenvalue weighted by atomic mass is 10.1. The molecule has 2 aromatic carbocycles. The van der Waals surface area contributed by atoms with Crippen molar-refractivity contribution >= 4 is 0 Å². The summed E-state index contributed by atoms with van der Waals surface area (Å²) >= 11 is 0. The average molecular weight is 229 g/mol. The van der Waals surface area contributed by atoms with Gasteiger partial charge in [-0.05, 0) is 29.7 Å². The van der Waals surface area contributed by atoms with Crippen molar-refractivity contribution in [2.45, 2.75) is 20.0 Å². The van der Waals surface area contributed by atoms with E-state index in [4.69, 9.17) is 4.74 Å². The number of hydrogen-bond acceptors (Lipinski definition) is 1. The highest BCUT2D eigenvalue weighted by Gasteiger charge is 2.03. The Morgan fingerprint density at radius 2 is 1.88 bits per heavy atom. The first kappa shape index (κ1) is 11.6. The molecule has 0 unspecified atom stereocenters.